The molecule has 41 heavy (non-hydrogen) atoms. The van der Waals surface area contributed by atoms with Crippen molar-refractivity contribution in [1.82, 2.24) is 25.0 Å². The monoisotopic (exact) mass is 546 g/mol. The van der Waals surface area contributed by atoms with Gasteiger partial charge in [-0.1, -0.05) is 66.7 Å². The Kier molecular flexibility index (Phi) is 7.60. The molecule has 1 radical (unpaired) electrons. The Morgan fingerprint density at radius 2 is 1.41 bits per heavy atom. The lowest BCUT2D eigenvalue weighted by atomic mass is 10.0. The zero-order valence-corrected chi connectivity index (χ0v) is 23.3. The summed E-state index contributed by atoms with van der Waals surface area (Å²) in [6.45, 7) is 9.27. The largest absolute Gasteiger partial charge is 0.379 e. The fraction of sp³-hybridized carbons (Fsp3) is 0.333. The summed E-state index contributed by atoms with van der Waals surface area (Å²) in [5.74, 6) is 0.751. The molecule has 0 atom stereocenters. The molecule has 4 aromatic rings. The number of hydrogen-bond donors (Lipinski definition) is 1. The van der Waals surface area contributed by atoms with E-state index in [9.17, 15) is 0 Å². The van der Waals surface area contributed by atoms with Gasteiger partial charge in [-0.15, -0.1) is 10.2 Å². The minimum atomic E-state index is 0.540. The number of hydrogen-bond acceptors (Lipinski definition) is 8. The molecule has 0 spiro atoms. The lowest BCUT2D eigenvalue weighted by Gasteiger charge is -2.37. The fourth-order valence-corrected chi connectivity index (χ4v) is 6.09. The van der Waals surface area contributed by atoms with Crippen LogP contribution in [0.4, 0.5) is 11.4 Å². The number of anilines is 2. The van der Waals surface area contributed by atoms with Crippen molar-refractivity contribution < 1.29 is 4.74 Å². The third-order valence-corrected chi connectivity index (χ3v) is 8.37. The molecule has 1 aromatic heterocycles. The van der Waals surface area contributed by atoms with E-state index in [2.05, 4.69) is 97.5 Å². The Labute approximate surface area is 242 Å². The van der Waals surface area contributed by atoms with Gasteiger partial charge in [-0.05, 0) is 30.5 Å². The Morgan fingerprint density at radius 1 is 0.707 bits per heavy atom. The normalized spacial score (nSPS) is 18.3. The number of ether oxygens (including phenoxy) is 1. The quantitative estimate of drug-likeness (QED) is 0.345. The molecule has 2 fully saturated rings. The summed E-state index contributed by atoms with van der Waals surface area (Å²) in [6.07, 6.45) is 2.31. The van der Waals surface area contributed by atoms with Gasteiger partial charge >= 0.3 is 0 Å². The van der Waals surface area contributed by atoms with Crippen LogP contribution in [0.25, 0.3) is 22.5 Å². The van der Waals surface area contributed by atoms with Crippen LogP contribution in [-0.4, -0.2) is 70.4 Å². The van der Waals surface area contributed by atoms with E-state index < -0.39 is 0 Å². The second kappa shape index (κ2) is 11.9. The first-order chi connectivity index (χ1) is 20.3. The van der Waals surface area contributed by atoms with Crippen LogP contribution in [0.1, 0.15) is 24.2 Å². The minimum Gasteiger partial charge on any atom is -0.379 e. The van der Waals surface area contributed by atoms with Crippen LogP contribution < -0.4 is 10.2 Å². The lowest BCUT2D eigenvalue weighted by Crippen LogP contribution is -2.43. The summed E-state index contributed by atoms with van der Waals surface area (Å²) < 4.78 is 5.51. The van der Waals surface area contributed by atoms with Crippen molar-refractivity contribution in [3.05, 3.63) is 96.9 Å². The topological polar surface area (TPSA) is 69.7 Å². The maximum absolute atomic E-state index is 5.51. The van der Waals surface area contributed by atoms with Crippen molar-refractivity contribution in [1.29, 1.82) is 0 Å². The Balaban J connectivity index is 1.04. The first-order valence-corrected chi connectivity index (χ1v) is 14.7. The van der Waals surface area contributed by atoms with Crippen LogP contribution in [-0.2, 0) is 17.8 Å². The van der Waals surface area contributed by atoms with Crippen LogP contribution in [0.3, 0.4) is 0 Å². The van der Waals surface area contributed by atoms with Crippen LogP contribution in [0.5, 0.6) is 0 Å². The molecule has 3 aliphatic rings. The number of fused-ring (bicyclic) bond motifs is 1. The molecule has 3 aliphatic heterocycles. The smallest absolute Gasteiger partial charge is 0.165 e. The highest BCUT2D eigenvalue weighted by atomic mass is 16.5. The fourth-order valence-electron chi connectivity index (χ4n) is 6.09. The number of piperidine rings is 1. The molecule has 1 N–H and O–H groups in total. The van der Waals surface area contributed by atoms with E-state index in [0.717, 1.165) is 87.1 Å². The summed E-state index contributed by atoms with van der Waals surface area (Å²) in [4.78, 5) is 12.4. The van der Waals surface area contributed by atoms with Crippen LogP contribution in [0.2, 0.25) is 0 Å². The lowest BCUT2D eigenvalue weighted by molar-refractivity contribution is 0.0329. The molecule has 7 rings (SSSR count). The third kappa shape index (κ3) is 5.81. The average Bonchev–Trinajstić information content (AvgIpc) is 3.47. The Bertz CT molecular complexity index is 1450. The van der Waals surface area contributed by atoms with Crippen LogP contribution in [0, 0.1) is 6.67 Å². The molecule has 3 aromatic carbocycles. The summed E-state index contributed by atoms with van der Waals surface area (Å²) >= 11 is 0. The summed E-state index contributed by atoms with van der Waals surface area (Å²) in [6, 6.07) is 28.2. The van der Waals surface area contributed by atoms with Gasteiger partial charge in [-0.25, -0.2) is 4.98 Å². The first-order valence-electron chi connectivity index (χ1n) is 14.7. The zero-order valence-electron chi connectivity index (χ0n) is 23.3. The third-order valence-electron chi connectivity index (χ3n) is 8.37. The molecule has 0 saturated carbocycles. The molecule has 4 heterocycles. The highest BCUT2D eigenvalue weighted by Crippen LogP contribution is 2.36. The summed E-state index contributed by atoms with van der Waals surface area (Å²) in [7, 11) is 0. The van der Waals surface area contributed by atoms with Gasteiger partial charge in [-0.3, -0.25) is 9.80 Å². The van der Waals surface area contributed by atoms with E-state index in [1.54, 1.807) is 0 Å². The van der Waals surface area contributed by atoms with E-state index in [1.165, 1.54) is 16.9 Å². The minimum absolute atomic E-state index is 0.540. The molecule has 0 amide bonds. The van der Waals surface area contributed by atoms with Crippen molar-refractivity contribution in [3.63, 3.8) is 0 Å². The maximum Gasteiger partial charge on any atom is 0.165 e. The van der Waals surface area contributed by atoms with Gasteiger partial charge in [0.25, 0.3) is 0 Å². The standard InChI is InChI=1S/C33H36N7O/c1-2-6-26(7-3-1)33-32(35-31(36-37-33)23-39-18-20-41-21-19-39)27-12-10-25(11-13-27)22-38-16-14-28(15-17-38)40-24-34-29-8-4-5-9-30(29)40/h1-13,24,28,34H,14-23H2. The number of rotatable bonds is 7. The van der Waals surface area contributed by atoms with Gasteiger partial charge < -0.3 is 15.0 Å². The number of aromatic nitrogens is 3. The van der Waals surface area contributed by atoms with Crippen molar-refractivity contribution in [3.8, 4) is 22.5 Å². The van der Waals surface area contributed by atoms with Crippen LogP contribution in [0.15, 0.2) is 78.9 Å². The summed E-state index contributed by atoms with van der Waals surface area (Å²) in [5, 5.41) is 12.6. The molecule has 8 heteroatoms. The molecule has 0 unspecified atom stereocenters. The van der Waals surface area contributed by atoms with Gasteiger partial charge in [-0.2, -0.15) is 0 Å². The SMILES string of the molecule is [CH]1Nc2ccccc2N1C1CCN(Cc2ccc(-c3nc(CN4CCOCC4)nnc3-c3ccccc3)cc2)CC1. The number of benzene rings is 3. The second-order valence-electron chi connectivity index (χ2n) is 11.1. The highest BCUT2D eigenvalue weighted by molar-refractivity contribution is 5.78. The van der Waals surface area contributed by atoms with E-state index in [-0.39, 0.29) is 0 Å². The van der Waals surface area contributed by atoms with Crippen LogP contribution >= 0.6 is 0 Å². The number of likely N-dealkylation sites (tertiary alicyclic amines) is 1. The van der Waals surface area contributed by atoms with Crippen molar-refractivity contribution in [2.75, 3.05) is 49.6 Å². The van der Waals surface area contributed by atoms with Gasteiger partial charge in [0.2, 0.25) is 0 Å². The molecular formula is C33H36N7O. The Hall–Kier alpha value is -3.85. The van der Waals surface area contributed by atoms with Gasteiger partial charge in [0.1, 0.15) is 18.1 Å². The van der Waals surface area contributed by atoms with Crippen molar-refractivity contribution in [2.24, 2.45) is 0 Å². The van der Waals surface area contributed by atoms with Gasteiger partial charge in [0.15, 0.2) is 5.82 Å². The molecule has 2 saturated heterocycles. The van der Waals surface area contributed by atoms with Gasteiger partial charge in [0, 0.05) is 49.9 Å². The molecule has 209 valence electrons. The number of morpholine rings is 1. The summed E-state index contributed by atoms with van der Waals surface area (Å²) in [5.41, 5.74) is 7.63. The van der Waals surface area contributed by atoms with E-state index in [0.29, 0.717) is 12.6 Å². The van der Waals surface area contributed by atoms with Crippen molar-refractivity contribution >= 4 is 11.4 Å². The average molecular weight is 547 g/mol. The van der Waals surface area contributed by atoms with E-state index in [4.69, 9.17) is 9.72 Å². The number of nitrogens with one attached hydrogen (secondary N) is 1. The van der Waals surface area contributed by atoms with Crippen molar-refractivity contribution in [2.45, 2.75) is 32.0 Å². The zero-order chi connectivity index (χ0) is 27.4. The Morgan fingerprint density at radius 3 is 2.22 bits per heavy atom. The number of nitrogens with zero attached hydrogens (tertiary/aromatic N) is 6. The molecule has 8 nitrogen and oxygen atoms in total. The number of para-hydroxylation sites is 2. The molecule has 0 aliphatic carbocycles. The van der Waals surface area contributed by atoms with Gasteiger partial charge in [0.05, 0.1) is 31.1 Å². The van der Waals surface area contributed by atoms with E-state index >= 15 is 0 Å². The first kappa shape index (κ1) is 26.1. The molecule has 0 bridgehead atoms. The second-order valence-corrected chi connectivity index (χ2v) is 11.1. The molecular weight excluding hydrogens is 510 g/mol. The predicted octanol–water partition coefficient (Wildman–Crippen LogP) is 5.05. The maximum atomic E-state index is 5.51. The van der Waals surface area contributed by atoms with E-state index in [1.807, 2.05) is 18.2 Å². The highest BCUT2D eigenvalue weighted by Gasteiger charge is 2.29. The predicted molar refractivity (Wildman–Crippen MR) is 162 cm³/mol.